The second-order valence-electron chi connectivity index (χ2n) is 5.73. The molecular formula is C13H25NO3. The molecule has 0 N–H and O–H groups in total. The van der Waals surface area contributed by atoms with Crippen LogP contribution in [0.3, 0.4) is 0 Å². The molecule has 0 aromatic heterocycles. The first-order valence-electron chi connectivity index (χ1n) is 5.99. The number of ether oxygens (including phenoxy) is 1. The zero-order chi connectivity index (χ0) is 13.8. The smallest absolute Gasteiger partial charge is 0.328 e. The summed E-state index contributed by atoms with van der Waals surface area (Å²) in [5.74, 6) is -0.124. The van der Waals surface area contributed by atoms with Gasteiger partial charge in [0, 0.05) is 12.5 Å². The topological polar surface area (TPSA) is 46.6 Å². The third-order valence-electron chi connectivity index (χ3n) is 2.54. The summed E-state index contributed by atoms with van der Waals surface area (Å²) in [6.45, 7) is 11.3. The lowest BCUT2D eigenvalue weighted by Crippen LogP contribution is -2.54. The van der Waals surface area contributed by atoms with Gasteiger partial charge in [0.25, 0.3) is 0 Å². The first-order valence-corrected chi connectivity index (χ1v) is 5.99. The van der Waals surface area contributed by atoms with Crippen LogP contribution >= 0.6 is 0 Å². The molecule has 1 atom stereocenters. The Morgan fingerprint density at radius 2 is 1.71 bits per heavy atom. The van der Waals surface area contributed by atoms with E-state index in [0.29, 0.717) is 12.3 Å². The number of hydrogen-bond donors (Lipinski definition) is 0. The Morgan fingerprint density at radius 3 is 1.94 bits per heavy atom. The molecule has 0 unspecified atom stereocenters. The second kappa shape index (κ2) is 6.03. The lowest BCUT2D eigenvalue weighted by Gasteiger charge is -2.40. The Bertz CT molecular complexity index is 279. The zero-order valence-electron chi connectivity index (χ0n) is 12.0. The molecule has 100 valence electrons. The van der Waals surface area contributed by atoms with Crippen LogP contribution in [0.5, 0.6) is 0 Å². The van der Waals surface area contributed by atoms with Gasteiger partial charge in [0.15, 0.2) is 0 Å². The van der Waals surface area contributed by atoms with Gasteiger partial charge in [-0.25, -0.2) is 4.79 Å². The minimum atomic E-state index is -0.502. The van der Waals surface area contributed by atoms with Gasteiger partial charge in [-0.1, -0.05) is 13.8 Å². The third-order valence-corrected chi connectivity index (χ3v) is 2.54. The normalized spacial score (nSPS) is 13.4. The minimum absolute atomic E-state index is 0.103. The minimum Gasteiger partial charge on any atom is -0.467 e. The number of amides is 1. The van der Waals surface area contributed by atoms with Crippen molar-refractivity contribution < 1.29 is 14.3 Å². The Balaban J connectivity index is 5.22. The van der Waals surface area contributed by atoms with Gasteiger partial charge in [-0.05, 0) is 33.1 Å². The average Bonchev–Trinajstić information content (AvgIpc) is 2.11. The number of carbonyl (C=O) groups is 2. The van der Waals surface area contributed by atoms with E-state index in [1.54, 1.807) is 4.90 Å². The molecule has 0 aromatic rings. The van der Waals surface area contributed by atoms with Crippen molar-refractivity contribution in [3.05, 3.63) is 0 Å². The molecule has 4 nitrogen and oxygen atoms in total. The lowest BCUT2D eigenvalue weighted by molar-refractivity contribution is -0.157. The van der Waals surface area contributed by atoms with E-state index < -0.39 is 6.04 Å². The van der Waals surface area contributed by atoms with Crippen LogP contribution in [-0.2, 0) is 14.3 Å². The molecule has 1 amide bonds. The van der Waals surface area contributed by atoms with Crippen LogP contribution in [0, 0.1) is 5.92 Å². The fourth-order valence-electron chi connectivity index (χ4n) is 2.05. The van der Waals surface area contributed by atoms with Gasteiger partial charge in [-0.2, -0.15) is 0 Å². The Kier molecular flexibility index (Phi) is 5.66. The van der Waals surface area contributed by atoms with Crippen LogP contribution in [-0.4, -0.2) is 35.5 Å². The highest BCUT2D eigenvalue weighted by Crippen LogP contribution is 2.22. The van der Waals surface area contributed by atoms with E-state index in [-0.39, 0.29) is 17.4 Å². The number of methoxy groups -OCH3 is 1. The van der Waals surface area contributed by atoms with Gasteiger partial charge in [0.1, 0.15) is 6.04 Å². The highest BCUT2D eigenvalue weighted by molar-refractivity contribution is 5.83. The van der Waals surface area contributed by atoms with E-state index in [4.69, 9.17) is 4.74 Å². The summed E-state index contributed by atoms with van der Waals surface area (Å²) in [6.07, 6.45) is 0.615. The lowest BCUT2D eigenvalue weighted by atomic mass is 9.96. The van der Waals surface area contributed by atoms with Crippen molar-refractivity contribution in [2.24, 2.45) is 5.92 Å². The van der Waals surface area contributed by atoms with E-state index in [2.05, 4.69) is 0 Å². The molecule has 17 heavy (non-hydrogen) atoms. The number of nitrogens with zero attached hydrogens (tertiary/aromatic N) is 1. The van der Waals surface area contributed by atoms with Crippen molar-refractivity contribution in [1.29, 1.82) is 0 Å². The summed E-state index contributed by atoms with van der Waals surface area (Å²) in [4.78, 5) is 25.2. The van der Waals surface area contributed by atoms with Crippen LogP contribution in [0.1, 0.15) is 48.0 Å². The van der Waals surface area contributed by atoms with Crippen molar-refractivity contribution in [2.75, 3.05) is 7.11 Å². The van der Waals surface area contributed by atoms with E-state index in [1.807, 2.05) is 34.6 Å². The second-order valence-corrected chi connectivity index (χ2v) is 5.73. The Morgan fingerprint density at radius 1 is 1.24 bits per heavy atom. The van der Waals surface area contributed by atoms with Crippen LogP contribution in [0.25, 0.3) is 0 Å². The molecule has 0 radical (unpaired) electrons. The molecule has 0 aromatic carbocycles. The molecular weight excluding hydrogens is 218 g/mol. The van der Waals surface area contributed by atoms with Crippen molar-refractivity contribution >= 4 is 11.9 Å². The number of hydrogen-bond acceptors (Lipinski definition) is 3. The molecule has 0 saturated carbocycles. The zero-order valence-corrected chi connectivity index (χ0v) is 12.0. The quantitative estimate of drug-likeness (QED) is 0.711. The van der Waals surface area contributed by atoms with Gasteiger partial charge in [0.05, 0.1) is 7.11 Å². The third kappa shape index (κ3) is 4.75. The van der Waals surface area contributed by atoms with E-state index in [9.17, 15) is 9.59 Å². The molecule has 0 bridgehead atoms. The Hall–Kier alpha value is -1.06. The highest BCUT2D eigenvalue weighted by atomic mass is 16.5. The summed E-state index contributed by atoms with van der Waals surface area (Å²) in [5, 5.41) is 0. The first-order chi connectivity index (χ1) is 7.61. The van der Waals surface area contributed by atoms with Crippen LogP contribution in [0.4, 0.5) is 0 Å². The maximum atomic E-state index is 11.8. The summed E-state index contributed by atoms with van der Waals surface area (Å²) < 4.78 is 4.81. The van der Waals surface area contributed by atoms with Gasteiger partial charge in [-0.15, -0.1) is 0 Å². The molecule has 4 heteroatoms. The molecule has 0 rings (SSSR count). The largest absolute Gasteiger partial charge is 0.467 e. The number of carbonyl (C=O) groups excluding carboxylic acids is 2. The first kappa shape index (κ1) is 15.9. The summed E-state index contributed by atoms with van der Waals surface area (Å²) in [6, 6.07) is -0.502. The van der Waals surface area contributed by atoms with E-state index >= 15 is 0 Å². The molecule has 0 heterocycles. The molecule has 0 fully saturated rings. The van der Waals surface area contributed by atoms with Crippen LogP contribution in [0.15, 0.2) is 0 Å². The van der Waals surface area contributed by atoms with Gasteiger partial charge in [0.2, 0.25) is 5.91 Å². The predicted molar refractivity (Wildman–Crippen MR) is 67.5 cm³/mol. The summed E-state index contributed by atoms with van der Waals surface area (Å²) >= 11 is 0. The molecule has 0 spiro atoms. The average molecular weight is 243 g/mol. The van der Waals surface area contributed by atoms with Crippen molar-refractivity contribution in [2.45, 2.75) is 59.5 Å². The SMILES string of the molecule is COC(=O)[C@H](CC(C)C)N(C(C)=O)C(C)(C)C. The molecule has 0 aliphatic carbocycles. The van der Waals surface area contributed by atoms with E-state index in [1.165, 1.54) is 14.0 Å². The van der Waals surface area contributed by atoms with E-state index in [0.717, 1.165) is 0 Å². The van der Waals surface area contributed by atoms with Crippen molar-refractivity contribution in [3.63, 3.8) is 0 Å². The standard InChI is InChI=1S/C13H25NO3/c1-9(2)8-11(12(16)17-7)14(10(3)15)13(4,5)6/h9,11H,8H2,1-7H3/t11-/m0/s1. The predicted octanol–water partition coefficient (Wildman–Crippen LogP) is 2.22. The molecule has 0 aliphatic rings. The van der Waals surface area contributed by atoms with Crippen LogP contribution < -0.4 is 0 Å². The Labute approximate surface area is 104 Å². The molecule has 0 saturated heterocycles. The summed E-state index contributed by atoms with van der Waals surface area (Å²) in [7, 11) is 1.36. The highest BCUT2D eigenvalue weighted by Gasteiger charge is 2.36. The number of esters is 1. The van der Waals surface area contributed by atoms with Gasteiger partial charge >= 0.3 is 5.97 Å². The van der Waals surface area contributed by atoms with Gasteiger partial charge < -0.3 is 9.64 Å². The summed E-state index contributed by atoms with van der Waals surface area (Å²) in [5.41, 5.74) is -0.389. The number of rotatable bonds is 4. The maximum Gasteiger partial charge on any atom is 0.328 e. The fourth-order valence-corrected chi connectivity index (χ4v) is 2.05. The van der Waals surface area contributed by atoms with Gasteiger partial charge in [-0.3, -0.25) is 4.79 Å². The monoisotopic (exact) mass is 243 g/mol. The molecule has 0 aliphatic heterocycles. The van der Waals surface area contributed by atoms with Crippen LogP contribution in [0.2, 0.25) is 0 Å². The fraction of sp³-hybridized carbons (Fsp3) is 0.846. The van der Waals surface area contributed by atoms with Crippen molar-refractivity contribution in [3.8, 4) is 0 Å². The van der Waals surface area contributed by atoms with Crippen molar-refractivity contribution in [1.82, 2.24) is 4.90 Å². The maximum absolute atomic E-state index is 11.8.